The summed E-state index contributed by atoms with van der Waals surface area (Å²) in [6, 6.07) is 19.1. The molecule has 1 unspecified atom stereocenters. The summed E-state index contributed by atoms with van der Waals surface area (Å²) >= 11 is 6.38. The van der Waals surface area contributed by atoms with Crippen molar-refractivity contribution in [1.82, 2.24) is 41.0 Å². The Morgan fingerprint density at radius 1 is 0.905 bits per heavy atom. The van der Waals surface area contributed by atoms with Crippen molar-refractivity contribution < 1.29 is 33.5 Å². The minimum Gasteiger partial charge on any atom is -0.378 e. The minimum absolute atomic E-state index is 0.141. The van der Waals surface area contributed by atoms with Crippen LogP contribution in [0.4, 0.5) is 39.3 Å². The van der Waals surface area contributed by atoms with Gasteiger partial charge in [0.1, 0.15) is 11.1 Å². The van der Waals surface area contributed by atoms with Crippen LogP contribution in [0.2, 0.25) is 5.02 Å². The molecule has 0 spiro atoms. The molecule has 0 bridgehead atoms. The van der Waals surface area contributed by atoms with Crippen LogP contribution in [0, 0.1) is 0 Å². The number of halogens is 1. The number of amides is 7. The van der Waals surface area contributed by atoms with Crippen LogP contribution in [-0.2, 0) is 25.7 Å². The molecule has 63 heavy (non-hydrogen) atoms. The van der Waals surface area contributed by atoms with Crippen LogP contribution < -0.4 is 42.1 Å². The molecule has 4 aromatic rings. The Hall–Kier alpha value is -6.83. The highest BCUT2D eigenvalue weighted by atomic mass is 35.5. The number of imide groups is 1. The maximum atomic E-state index is 12.9. The van der Waals surface area contributed by atoms with E-state index in [1.54, 1.807) is 48.3 Å². The van der Waals surface area contributed by atoms with Gasteiger partial charge in [0, 0.05) is 94.9 Å². The molecular formula is C43H49ClN12O7. The predicted molar refractivity (Wildman–Crippen MR) is 236 cm³/mol. The topological polar surface area (TPSA) is 231 Å². The third-order valence-corrected chi connectivity index (χ3v) is 11.0. The third-order valence-electron chi connectivity index (χ3n) is 10.7. The van der Waals surface area contributed by atoms with Crippen molar-refractivity contribution in [2.45, 2.75) is 31.8 Å². The summed E-state index contributed by atoms with van der Waals surface area (Å²) < 4.78 is 5.65. The maximum Gasteiger partial charge on any atom is 0.317 e. The summed E-state index contributed by atoms with van der Waals surface area (Å²) in [7, 11) is 1.57. The summed E-state index contributed by atoms with van der Waals surface area (Å²) in [6.45, 7) is 4.80. The number of nitrogens with zero attached hydrogens (tertiary/aromatic N) is 5. The molecular weight excluding hydrogens is 832 g/mol. The number of piperidine rings is 1. The van der Waals surface area contributed by atoms with E-state index in [0.29, 0.717) is 104 Å². The molecule has 7 amide bonds. The summed E-state index contributed by atoms with van der Waals surface area (Å²) in [5.74, 6) is -0.830. The van der Waals surface area contributed by atoms with Crippen molar-refractivity contribution in [3.05, 3.63) is 94.6 Å². The highest BCUT2D eigenvalue weighted by Gasteiger charge is 2.39. The molecule has 4 heterocycles. The van der Waals surface area contributed by atoms with E-state index >= 15 is 0 Å². The fraction of sp³-hybridized carbons (Fsp3) is 0.349. The lowest BCUT2D eigenvalue weighted by molar-refractivity contribution is -0.137. The molecule has 1 atom stereocenters. The molecule has 3 aliphatic heterocycles. The first-order valence-electron chi connectivity index (χ1n) is 20.7. The molecule has 0 aliphatic carbocycles. The molecule has 1 aromatic heterocycles. The van der Waals surface area contributed by atoms with E-state index in [0.717, 1.165) is 11.4 Å². The van der Waals surface area contributed by atoms with Crippen molar-refractivity contribution in [3.8, 4) is 0 Å². The molecule has 2 fully saturated rings. The van der Waals surface area contributed by atoms with Crippen LogP contribution in [0.1, 0.15) is 45.5 Å². The second kappa shape index (κ2) is 20.8. The SMILES string of the molecule is CNC(=O)c1ccccc1Nc1nc(Nc2ccc(N3CCN(C(=O)NCCOCCNCCC(=O)Nc4ccc5c(c4)CN(C4CCC(=O)NC4=O)C5=O)CC3)cc2)ncc1Cl. The van der Waals surface area contributed by atoms with Gasteiger partial charge in [-0.2, -0.15) is 4.98 Å². The molecule has 3 aliphatic rings. The van der Waals surface area contributed by atoms with Crippen LogP contribution >= 0.6 is 11.6 Å². The molecule has 7 rings (SSSR count). The molecule has 3 aromatic carbocycles. The van der Waals surface area contributed by atoms with Crippen LogP contribution in [0.15, 0.2) is 72.9 Å². The van der Waals surface area contributed by atoms with Crippen molar-refractivity contribution in [1.29, 1.82) is 0 Å². The number of carbonyl (C=O) groups excluding carboxylic acids is 6. The van der Waals surface area contributed by atoms with Crippen molar-refractivity contribution in [3.63, 3.8) is 0 Å². The zero-order valence-electron chi connectivity index (χ0n) is 34.7. The maximum absolute atomic E-state index is 12.9. The van der Waals surface area contributed by atoms with Crippen molar-refractivity contribution >= 4 is 81.7 Å². The summed E-state index contributed by atoms with van der Waals surface area (Å²) in [5, 5.41) is 20.5. The van der Waals surface area contributed by atoms with Crippen molar-refractivity contribution in [2.24, 2.45) is 0 Å². The fourth-order valence-corrected chi connectivity index (χ4v) is 7.55. The first kappa shape index (κ1) is 44.2. The Kier molecular flexibility index (Phi) is 14.6. The van der Waals surface area contributed by atoms with Crippen LogP contribution in [0.3, 0.4) is 0 Å². The Balaban J connectivity index is 0.740. The van der Waals surface area contributed by atoms with Gasteiger partial charge in [-0.15, -0.1) is 0 Å². The van der Waals surface area contributed by atoms with Crippen LogP contribution in [0.25, 0.3) is 0 Å². The van der Waals surface area contributed by atoms with Gasteiger partial charge in [0.05, 0.1) is 30.7 Å². The molecule has 2 saturated heterocycles. The predicted octanol–water partition coefficient (Wildman–Crippen LogP) is 3.20. The first-order chi connectivity index (χ1) is 30.6. The molecule has 330 valence electrons. The normalized spacial score (nSPS) is 16.0. The highest BCUT2D eigenvalue weighted by Crippen LogP contribution is 2.30. The van der Waals surface area contributed by atoms with Crippen LogP contribution in [0.5, 0.6) is 0 Å². The van der Waals surface area contributed by atoms with E-state index in [4.69, 9.17) is 16.3 Å². The van der Waals surface area contributed by atoms with Gasteiger partial charge in [-0.25, -0.2) is 9.78 Å². The monoisotopic (exact) mass is 880 g/mol. The highest BCUT2D eigenvalue weighted by molar-refractivity contribution is 6.33. The number of urea groups is 1. The molecule has 7 N–H and O–H groups in total. The number of anilines is 6. The standard InChI is InChI=1S/C43H49ClN12O7/c1-45-39(59)32-4-2-3-5-34(32)51-38-33(44)25-48-42(53-38)50-28-6-9-30(10-7-28)54-18-20-55(21-19-54)43(62)47-17-23-63-22-16-46-15-14-37(58)49-29-8-11-31-27(24-29)26-56(41(31)61)35-12-13-36(57)52-40(35)60/h2-11,24-25,35,46H,12-23,26H2,1H3,(H,45,59)(H,47,62)(H,49,58)(H,52,57,60)(H2,48,50,51,53). The number of hydrogen-bond donors (Lipinski definition) is 7. The number of hydrogen-bond acceptors (Lipinski definition) is 13. The summed E-state index contributed by atoms with van der Waals surface area (Å²) in [4.78, 5) is 88.7. The smallest absolute Gasteiger partial charge is 0.317 e. The number of carbonyl (C=O) groups is 6. The Labute approximate surface area is 368 Å². The van der Waals surface area contributed by atoms with E-state index in [1.165, 1.54) is 11.1 Å². The number of benzene rings is 3. The number of piperazine rings is 1. The third kappa shape index (κ3) is 11.4. The lowest BCUT2D eigenvalue weighted by Crippen LogP contribution is -2.52. The average Bonchev–Trinajstić information content (AvgIpc) is 3.61. The summed E-state index contributed by atoms with van der Waals surface area (Å²) in [5.41, 5.74) is 4.55. The molecule has 0 radical (unpaired) electrons. The molecule has 19 nitrogen and oxygen atoms in total. The van der Waals surface area contributed by atoms with E-state index in [-0.39, 0.29) is 55.5 Å². The van der Waals surface area contributed by atoms with Crippen molar-refractivity contribution in [2.75, 3.05) is 86.9 Å². The Morgan fingerprint density at radius 3 is 2.44 bits per heavy atom. The van der Waals surface area contributed by atoms with Gasteiger partial charge in [-0.1, -0.05) is 23.7 Å². The second-order valence-corrected chi connectivity index (χ2v) is 15.4. The number of ether oxygens (including phenoxy) is 1. The quantitative estimate of drug-likeness (QED) is 0.0598. The zero-order valence-corrected chi connectivity index (χ0v) is 35.4. The Bertz CT molecular complexity index is 2340. The fourth-order valence-electron chi connectivity index (χ4n) is 7.41. The first-order valence-corrected chi connectivity index (χ1v) is 21.1. The molecule has 0 saturated carbocycles. The van der Waals surface area contributed by atoms with Gasteiger partial charge in [-0.05, 0) is 66.6 Å². The van der Waals surface area contributed by atoms with Gasteiger partial charge in [-0.3, -0.25) is 29.3 Å². The van der Waals surface area contributed by atoms with Gasteiger partial charge in [0.25, 0.3) is 11.8 Å². The van der Waals surface area contributed by atoms with E-state index in [9.17, 15) is 28.8 Å². The van der Waals surface area contributed by atoms with E-state index < -0.39 is 11.9 Å². The van der Waals surface area contributed by atoms with Crippen LogP contribution in [-0.4, -0.2) is 127 Å². The lowest BCUT2D eigenvalue weighted by Gasteiger charge is -2.36. The second-order valence-electron chi connectivity index (χ2n) is 15.0. The number of nitrogens with one attached hydrogen (secondary N) is 7. The zero-order chi connectivity index (χ0) is 44.3. The van der Waals surface area contributed by atoms with E-state index in [1.807, 2.05) is 30.3 Å². The van der Waals surface area contributed by atoms with Gasteiger partial charge >= 0.3 is 6.03 Å². The van der Waals surface area contributed by atoms with Gasteiger partial charge < -0.3 is 51.3 Å². The average molecular weight is 881 g/mol. The number of para-hydroxylation sites is 1. The number of fused-ring (bicyclic) bond motifs is 1. The van der Waals surface area contributed by atoms with Gasteiger partial charge in [0.2, 0.25) is 23.7 Å². The minimum atomic E-state index is -0.695. The Morgan fingerprint density at radius 2 is 1.67 bits per heavy atom. The lowest BCUT2D eigenvalue weighted by atomic mass is 10.0. The number of rotatable bonds is 17. The number of aromatic nitrogens is 2. The summed E-state index contributed by atoms with van der Waals surface area (Å²) in [6.07, 6.45) is 2.18. The largest absolute Gasteiger partial charge is 0.378 e. The van der Waals surface area contributed by atoms with E-state index in [2.05, 4.69) is 52.1 Å². The van der Waals surface area contributed by atoms with Gasteiger partial charge in [0.15, 0.2) is 5.82 Å². The molecule has 20 heteroatoms.